The lowest BCUT2D eigenvalue weighted by Crippen LogP contribution is -2.44. The molecule has 0 saturated carbocycles. The molecule has 24 heavy (non-hydrogen) atoms. The Balaban J connectivity index is 3.07. The quantitative estimate of drug-likeness (QED) is 0.472. The normalized spacial score (nSPS) is 13.6. The molecule has 0 aliphatic heterocycles. The number of rotatable bonds is 5. The van der Waals surface area contributed by atoms with Gasteiger partial charge in [0.15, 0.2) is 5.60 Å². The van der Waals surface area contributed by atoms with Gasteiger partial charge in [-0.25, -0.2) is 0 Å². The number of aromatic hydroxyl groups is 2. The van der Waals surface area contributed by atoms with Crippen LogP contribution in [0.1, 0.15) is 29.2 Å². The smallest absolute Gasteiger partial charge is 0.325 e. The number of nitrogens with one attached hydrogen (secondary N) is 1. The molecule has 0 fully saturated rings. The van der Waals surface area contributed by atoms with Crippen LogP contribution in [0.25, 0.3) is 6.08 Å². The van der Waals surface area contributed by atoms with E-state index in [4.69, 9.17) is 0 Å². The van der Waals surface area contributed by atoms with E-state index in [9.17, 15) is 24.9 Å². The van der Waals surface area contributed by atoms with Crippen molar-refractivity contribution in [3.8, 4) is 11.5 Å². The van der Waals surface area contributed by atoms with Gasteiger partial charge in [0, 0.05) is 11.1 Å². The third kappa shape index (κ3) is 4.05. The minimum Gasteiger partial charge on any atom is -0.507 e. The van der Waals surface area contributed by atoms with Crippen molar-refractivity contribution in [1.82, 2.24) is 5.32 Å². The summed E-state index contributed by atoms with van der Waals surface area (Å²) in [5.74, 6) is -1.44. The van der Waals surface area contributed by atoms with Crippen LogP contribution in [0.3, 0.4) is 0 Å². The lowest BCUT2D eigenvalue weighted by molar-refractivity contribution is -0.143. The number of ether oxygens (including phenoxy) is 1. The molecular weight excluding hydrogens is 314 g/mol. The summed E-state index contributed by atoms with van der Waals surface area (Å²) in [6.07, 6.45) is 2.53. The number of benzene rings is 1. The highest BCUT2D eigenvalue weighted by Crippen LogP contribution is 2.37. The number of phenols is 2. The molecule has 0 aromatic heterocycles. The fourth-order valence-electron chi connectivity index (χ4n) is 2.07. The van der Waals surface area contributed by atoms with Gasteiger partial charge in [-0.05, 0) is 44.9 Å². The van der Waals surface area contributed by atoms with Crippen LogP contribution >= 0.6 is 0 Å². The predicted molar refractivity (Wildman–Crippen MR) is 88.7 cm³/mol. The van der Waals surface area contributed by atoms with Crippen molar-refractivity contribution >= 4 is 18.0 Å². The third-order valence-corrected chi connectivity index (χ3v) is 3.94. The first-order valence-corrected chi connectivity index (χ1v) is 7.31. The van der Waals surface area contributed by atoms with Crippen molar-refractivity contribution in [2.24, 2.45) is 0 Å². The highest BCUT2D eigenvalue weighted by Gasteiger charge is 2.27. The number of carbonyl (C=O) groups is 2. The number of phenolic OH excluding ortho intramolecular Hbond substituents is 2. The molecule has 1 aromatic carbocycles. The molecule has 132 valence electrons. The molecule has 0 aliphatic rings. The second-order valence-corrected chi connectivity index (χ2v) is 5.73. The van der Waals surface area contributed by atoms with Crippen LogP contribution in [-0.4, -0.2) is 46.5 Å². The summed E-state index contributed by atoms with van der Waals surface area (Å²) < 4.78 is 4.40. The number of amides is 1. The number of esters is 1. The van der Waals surface area contributed by atoms with E-state index in [1.165, 1.54) is 26.2 Å². The highest BCUT2D eigenvalue weighted by atomic mass is 16.5. The fourth-order valence-corrected chi connectivity index (χ4v) is 2.07. The molecule has 1 unspecified atom stereocenters. The topological polar surface area (TPSA) is 116 Å². The number of hydrogen-bond acceptors (Lipinski definition) is 6. The Bertz CT molecular complexity index is 662. The zero-order valence-electron chi connectivity index (χ0n) is 14.4. The van der Waals surface area contributed by atoms with Crippen molar-refractivity contribution in [3.05, 3.63) is 28.3 Å². The van der Waals surface area contributed by atoms with Gasteiger partial charge in [-0.2, -0.15) is 0 Å². The molecule has 0 aliphatic carbocycles. The van der Waals surface area contributed by atoms with Gasteiger partial charge >= 0.3 is 5.97 Å². The van der Waals surface area contributed by atoms with Crippen LogP contribution in [0.4, 0.5) is 0 Å². The van der Waals surface area contributed by atoms with Gasteiger partial charge < -0.3 is 25.4 Å². The number of hydrogen-bond donors (Lipinski definition) is 4. The Morgan fingerprint density at radius 2 is 1.67 bits per heavy atom. The first-order chi connectivity index (χ1) is 11.0. The van der Waals surface area contributed by atoms with Gasteiger partial charge in [-0.15, -0.1) is 0 Å². The monoisotopic (exact) mass is 337 g/mol. The van der Waals surface area contributed by atoms with Gasteiger partial charge in [0.25, 0.3) is 5.91 Å². The summed E-state index contributed by atoms with van der Waals surface area (Å²) in [7, 11) is 1.18. The molecule has 0 heterocycles. The molecule has 1 atom stereocenters. The van der Waals surface area contributed by atoms with Crippen LogP contribution in [0, 0.1) is 20.8 Å². The first-order valence-electron chi connectivity index (χ1n) is 7.31. The Labute approximate surface area is 140 Å². The van der Waals surface area contributed by atoms with Crippen molar-refractivity contribution in [3.63, 3.8) is 0 Å². The van der Waals surface area contributed by atoms with E-state index in [1.54, 1.807) is 20.8 Å². The summed E-state index contributed by atoms with van der Waals surface area (Å²) in [4.78, 5) is 23.0. The minimum absolute atomic E-state index is 0.0372. The molecule has 4 N–H and O–H groups in total. The second kappa shape index (κ2) is 7.35. The molecule has 1 rings (SSSR count). The van der Waals surface area contributed by atoms with Gasteiger partial charge in [-0.3, -0.25) is 9.59 Å². The number of methoxy groups -OCH3 is 1. The van der Waals surface area contributed by atoms with Crippen LogP contribution < -0.4 is 5.32 Å². The molecule has 1 aromatic rings. The van der Waals surface area contributed by atoms with Crippen LogP contribution in [0.5, 0.6) is 11.5 Å². The molecular formula is C17H23NO6. The largest absolute Gasteiger partial charge is 0.507 e. The fraction of sp³-hybridized carbons (Fsp3) is 0.412. The molecule has 7 heteroatoms. The van der Waals surface area contributed by atoms with Crippen molar-refractivity contribution in [1.29, 1.82) is 0 Å². The maximum absolute atomic E-state index is 11.9. The predicted octanol–water partition coefficient (Wildman–Crippen LogP) is 1.08. The van der Waals surface area contributed by atoms with E-state index < -0.39 is 17.5 Å². The van der Waals surface area contributed by atoms with Crippen LogP contribution in [0.15, 0.2) is 6.08 Å². The van der Waals surface area contributed by atoms with Crippen LogP contribution in [-0.2, 0) is 14.3 Å². The average Bonchev–Trinajstić information content (AvgIpc) is 2.55. The Kier molecular flexibility index (Phi) is 5.98. The highest BCUT2D eigenvalue weighted by molar-refractivity contribution is 5.90. The average molecular weight is 337 g/mol. The Hall–Kier alpha value is -2.54. The molecule has 0 bridgehead atoms. The zero-order chi connectivity index (χ0) is 18.7. The SMILES string of the molecule is COC(=O)CNC(=O)C(C)(O)C=Cc1c(C)c(O)c(C)c(C)c1O. The molecule has 0 saturated heterocycles. The standard InChI is InChI=1S/C17H23NO6/c1-9-10(2)15(21)12(11(3)14(9)20)6-7-17(4,23)16(22)18-8-13(19)24-5/h6-7,20-21,23H,8H2,1-5H3,(H,18,22). The van der Waals surface area contributed by atoms with E-state index >= 15 is 0 Å². The summed E-state index contributed by atoms with van der Waals surface area (Å²) in [5.41, 5.74) is -0.118. The Morgan fingerprint density at radius 3 is 2.21 bits per heavy atom. The van der Waals surface area contributed by atoms with Gasteiger partial charge in [0.2, 0.25) is 0 Å². The molecule has 7 nitrogen and oxygen atoms in total. The molecule has 1 amide bonds. The summed E-state index contributed by atoms with van der Waals surface area (Å²) >= 11 is 0. The van der Waals surface area contributed by atoms with Crippen molar-refractivity contribution in [2.75, 3.05) is 13.7 Å². The maximum atomic E-state index is 11.9. The minimum atomic E-state index is -1.92. The van der Waals surface area contributed by atoms with E-state index in [2.05, 4.69) is 10.1 Å². The Morgan fingerprint density at radius 1 is 1.12 bits per heavy atom. The van der Waals surface area contributed by atoms with E-state index in [-0.39, 0.29) is 18.0 Å². The zero-order valence-corrected chi connectivity index (χ0v) is 14.4. The summed E-state index contributed by atoms with van der Waals surface area (Å²) in [5, 5.41) is 32.7. The van der Waals surface area contributed by atoms with E-state index in [0.717, 1.165) is 0 Å². The van der Waals surface area contributed by atoms with E-state index in [1.807, 2.05) is 0 Å². The van der Waals surface area contributed by atoms with Crippen molar-refractivity contribution in [2.45, 2.75) is 33.3 Å². The second-order valence-electron chi connectivity index (χ2n) is 5.73. The van der Waals surface area contributed by atoms with Crippen molar-refractivity contribution < 1.29 is 29.6 Å². The van der Waals surface area contributed by atoms with Gasteiger partial charge in [-0.1, -0.05) is 6.08 Å². The lowest BCUT2D eigenvalue weighted by atomic mass is 9.95. The lowest BCUT2D eigenvalue weighted by Gasteiger charge is -2.19. The summed E-state index contributed by atoms with van der Waals surface area (Å²) in [6.45, 7) is 5.83. The number of aliphatic hydroxyl groups is 1. The number of carbonyl (C=O) groups excluding carboxylic acids is 2. The molecule has 0 radical (unpaired) electrons. The van der Waals surface area contributed by atoms with E-state index in [0.29, 0.717) is 22.3 Å². The first kappa shape index (κ1) is 19.5. The van der Waals surface area contributed by atoms with Crippen LogP contribution in [0.2, 0.25) is 0 Å². The third-order valence-electron chi connectivity index (χ3n) is 3.94. The molecule has 0 spiro atoms. The van der Waals surface area contributed by atoms with Gasteiger partial charge in [0.1, 0.15) is 18.0 Å². The summed E-state index contributed by atoms with van der Waals surface area (Å²) in [6, 6.07) is 0. The maximum Gasteiger partial charge on any atom is 0.325 e. The van der Waals surface area contributed by atoms with Gasteiger partial charge in [0.05, 0.1) is 7.11 Å².